The molecule has 1 amide bonds. The average molecular weight is 459 g/mol. The quantitative estimate of drug-likeness (QED) is 0.557. The molecule has 1 saturated heterocycles. The molecule has 0 radical (unpaired) electrons. The summed E-state index contributed by atoms with van der Waals surface area (Å²) in [5.41, 5.74) is 2.69. The fraction of sp³-hybridized carbons (Fsp3) is 0.348. The summed E-state index contributed by atoms with van der Waals surface area (Å²) in [6.45, 7) is 1.94. The smallest absolute Gasteiger partial charge is 0.287 e. The van der Waals surface area contributed by atoms with E-state index in [1.54, 1.807) is 25.3 Å². The molecule has 4 rings (SSSR count). The van der Waals surface area contributed by atoms with E-state index in [1.807, 2.05) is 30.3 Å². The summed E-state index contributed by atoms with van der Waals surface area (Å²) < 4.78 is 43.4. The van der Waals surface area contributed by atoms with E-state index in [0.717, 1.165) is 10.9 Å². The third-order valence-electron chi connectivity index (χ3n) is 5.45. The van der Waals surface area contributed by atoms with E-state index in [0.29, 0.717) is 43.0 Å². The van der Waals surface area contributed by atoms with Crippen LogP contribution in [0.3, 0.4) is 0 Å². The van der Waals surface area contributed by atoms with Gasteiger partial charge in [-0.2, -0.15) is 4.31 Å². The molecule has 0 aliphatic carbocycles. The van der Waals surface area contributed by atoms with E-state index in [2.05, 4.69) is 5.32 Å². The van der Waals surface area contributed by atoms with Crippen LogP contribution < -0.4 is 5.32 Å². The monoisotopic (exact) mass is 458 g/mol. The molecule has 32 heavy (non-hydrogen) atoms. The second-order valence-corrected chi connectivity index (χ2v) is 9.53. The molecular weight excluding hydrogens is 432 g/mol. The molecule has 2 heterocycles. The number of hydrogen-bond acceptors (Lipinski definition) is 6. The van der Waals surface area contributed by atoms with Crippen molar-refractivity contribution in [2.24, 2.45) is 0 Å². The lowest BCUT2D eigenvalue weighted by atomic mass is 10.1. The normalized spacial score (nSPS) is 15.2. The number of para-hydroxylation sites is 1. The van der Waals surface area contributed by atoms with Gasteiger partial charge in [0.15, 0.2) is 5.76 Å². The third-order valence-corrected chi connectivity index (χ3v) is 7.28. The SMILES string of the molecule is COCc1c(C(=O)NCc2ccccc2CS(=O)(=O)N2CCOCC2)oc2ccccc12. The number of methoxy groups -OCH3 is 1. The largest absolute Gasteiger partial charge is 0.451 e. The zero-order valence-corrected chi connectivity index (χ0v) is 18.7. The van der Waals surface area contributed by atoms with Gasteiger partial charge >= 0.3 is 0 Å². The highest BCUT2D eigenvalue weighted by molar-refractivity contribution is 7.88. The van der Waals surface area contributed by atoms with Gasteiger partial charge in [0.05, 0.1) is 25.6 Å². The standard InChI is InChI=1S/C23H26N2O6S/c1-29-15-20-19-8-4-5-9-21(19)31-22(20)23(26)24-14-17-6-2-3-7-18(17)16-32(27,28)25-10-12-30-13-11-25/h2-9H,10-16H2,1H3,(H,24,26). The van der Waals surface area contributed by atoms with Crippen LogP contribution in [0, 0.1) is 0 Å². The van der Waals surface area contributed by atoms with E-state index >= 15 is 0 Å². The van der Waals surface area contributed by atoms with Crippen molar-refractivity contribution in [1.82, 2.24) is 9.62 Å². The Labute approximate surface area is 187 Å². The third kappa shape index (κ3) is 4.86. The van der Waals surface area contributed by atoms with Crippen LogP contribution in [-0.2, 0) is 38.4 Å². The summed E-state index contributed by atoms with van der Waals surface area (Å²) in [4.78, 5) is 12.9. The summed E-state index contributed by atoms with van der Waals surface area (Å²) in [7, 11) is -1.91. The predicted octanol–water partition coefficient (Wildman–Crippen LogP) is 2.67. The Kier molecular flexibility index (Phi) is 6.90. The molecule has 1 aromatic heterocycles. The average Bonchev–Trinajstić information content (AvgIpc) is 3.18. The minimum absolute atomic E-state index is 0.126. The fourth-order valence-corrected chi connectivity index (χ4v) is 5.37. The van der Waals surface area contributed by atoms with Gasteiger partial charge in [-0.1, -0.05) is 42.5 Å². The summed E-state index contributed by atoms with van der Waals surface area (Å²) in [5.74, 6) is -0.302. The number of carbonyl (C=O) groups excluding carboxylic acids is 1. The van der Waals surface area contributed by atoms with Gasteiger partial charge in [0.25, 0.3) is 5.91 Å². The summed E-state index contributed by atoms with van der Waals surface area (Å²) >= 11 is 0. The Morgan fingerprint density at radius 1 is 1.06 bits per heavy atom. The number of nitrogens with zero attached hydrogens (tertiary/aromatic N) is 1. The lowest BCUT2D eigenvalue weighted by Gasteiger charge is -2.26. The first-order valence-electron chi connectivity index (χ1n) is 10.4. The molecule has 0 spiro atoms. The van der Waals surface area contributed by atoms with Gasteiger partial charge in [-0.3, -0.25) is 4.79 Å². The second-order valence-electron chi connectivity index (χ2n) is 7.56. The number of benzene rings is 2. The van der Waals surface area contributed by atoms with Crippen LogP contribution in [0.4, 0.5) is 0 Å². The first kappa shape index (κ1) is 22.5. The molecule has 0 atom stereocenters. The molecule has 1 N–H and O–H groups in total. The molecule has 0 unspecified atom stereocenters. The van der Waals surface area contributed by atoms with Gasteiger partial charge in [0, 0.05) is 37.7 Å². The lowest BCUT2D eigenvalue weighted by Crippen LogP contribution is -2.41. The Hall–Kier alpha value is -2.72. The van der Waals surface area contributed by atoms with Crippen molar-refractivity contribution in [3.63, 3.8) is 0 Å². The van der Waals surface area contributed by atoms with Gasteiger partial charge in [-0.15, -0.1) is 0 Å². The molecule has 2 aromatic carbocycles. The molecule has 0 saturated carbocycles. The van der Waals surface area contributed by atoms with E-state index in [1.165, 1.54) is 4.31 Å². The van der Waals surface area contributed by atoms with Crippen molar-refractivity contribution in [2.45, 2.75) is 18.9 Å². The maximum atomic E-state index is 12.9. The van der Waals surface area contributed by atoms with Crippen LogP contribution in [0.1, 0.15) is 27.2 Å². The van der Waals surface area contributed by atoms with Crippen molar-refractivity contribution >= 4 is 26.9 Å². The molecule has 3 aromatic rings. The van der Waals surface area contributed by atoms with E-state index < -0.39 is 10.0 Å². The van der Waals surface area contributed by atoms with Crippen LogP contribution in [0.25, 0.3) is 11.0 Å². The molecule has 1 aliphatic heterocycles. The van der Waals surface area contributed by atoms with Gasteiger partial charge in [-0.25, -0.2) is 8.42 Å². The number of ether oxygens (including phenoxy) is 2. The van der Waals surface area contributed by atoms with Crippen LogP contribution in [-0.4, -0.2) is 52.0 Å². The molecule has 170 valence electrons. The van der Waals surface area contributed by atoms with Crippen molar-refractivity contribution < 1.29 is 27.1 Å². The van der Waals surface area contributed by atoms with Gasteiger partial charge in [-0.05, 0) is 17.2 Å². The molecule has 0 bridgehead atoms. The Bertz CT molecular complexity index is 1200. The summed E-state index contributed by atoms with van der Waals surface area (Å²) in [5, 5.41) is 3.69. The zero-order chi connectivity index (χ0) is 22.6. The highest BCUT2D eigenvalue weighted by atomic mass is 32.2. The molecule has 9 heteroatoms. The first-order valence-corrected chi connectivity index (χ1v) is 12.0. The number of amides is 1. The van der Waals surface area contributed by atoms with Gasteiger partial charge in [0.1, 0.15) is 5.58 Å². The van der Waals surface area contributed by atoms with Gasteiger partial charge in [0.2, 0.25) is 10.0 Å². The number of carbonyl (C=O) groups is 1. The fourth-order valence-electron chi connectivity index (χ4n) is 3.81. The van der Waals surface area contributed by atoms with Crippen molar-refractivity contribution in [1.29, 1.82) is 0 Å². The highest BCUT2D eigenvalue weighted by Gasteiger charge is 2.26. The van der Waals surface area contributed by atoms with Crippen LogP contribution in [0.2, 0.25) is 0 Å². The first-order chi connectivity index (χ1) is 15.5. The van der Waals surface area contributed by atoms with Crippen LogP contribution in [0.5, 0.6) is 0 Å². The zero-order valence-electron chi connectivity index (χ0n) is 17.9. The minimum Gasteiger partial charge on any atom is -0.451 e. The minimum atomic E-state index is -3.48. The highest BCUT2D eigenvalue weighted by Crippen LogP contribution is 2.26. The van der Waals surface area contributed by atoms with E-state index in [4.69, 9.17) is 13.9 Å². The summed E-state index contributed by atoms with van der Waals surface area (Å²) in [6, 6.07) is 14.6. The number of nitrogens with one attached hydrogen (secondary N) is 1. The number of furan rings is 1. The number of sulfonamides is 1. The van der Waals surface area contributed by atoms with Gasteiger partial charge < -0.3 is 19.2 Å². The molecule has 8 nitrogen and oxygen atoms in total. The summed E-state index contributed by atoms with van der Waals surface area (Å²) in [6.07, 6.45) is 0. The number of fused-ring (bicyclic) bond motifs is 1. The number of hydrogen-bond donors (Lipinski definition) is 1. The number of morpholine rings is 1. The van der Waals surface area contributed by atoms with Crippen LogP contribution >= 0.6 is 0 Å². The molecule has 1 fully saturated rings. The van der Waals surface area contributed by atoms with Crippen molar-refractivity contribution in [3.8, 4) is 0 Å². The Morgan fingerprint density at radius 3 is 2.50 bits per heavy atom. The number of rotatable bonds is 8. The molecule has 1 aliphatic rings. The second kappa shape index (κ2) is 9.83. The predicted molar refractivity (Wildman–Crippen MR) is 120 cm³/mol. The Morgan fingerprint density at radius 2 is 1.75 bits per heavy atom. The lowest BCUT2D eigenvalue weighted by molar-refractivity contribution is 0.0729. The van der Waals surface area contributed by atoms with Crippen molar-refractivity contribution in [2.75, 3.05) is 33.4 Å². The molecular formula is C23H26N2O6S. The van der Waals surface area contributed by atoms with Crippen molar-refractivity contribution in [3.05, 3.63) is 71.0 Å². The maximum absolute atomic E-state index is 12.9. The van der Waals surface area contributed by atoms with Crippen LogP contribution in [0.15, 0.2) is 52.9 Å². The van der Waals surface area contributed by atoms with E-state index in [-0.39, 0.29) is 30.6 Å². The topological polar surface area (TPSA) is 98.1 Å². The maximum Gasteiger partial charge on any atom is 0.287 e. The Balaban J connectivity index is 1.51. The van der Waals surface area contributed by atoms with E-state index in [9.17, 15) is 13.2 Å².